The van der Waals surface area contributed by atoms with E-state index in [1.54, 1.807) is 13.0 Å². The number of carbonyl (C=O) groups is 1. The van der Waals surface area contributed by atoms with Crippen molar-refractivity contribution in [1.82, 2.24) is 5.32 Å². The summed E-state index contributed by atoms with van der Waals surface area (Å²) in [6, 6.07) is 4.53. The highest BCUT2D eigenvalue weighted by molar-refractivity contribution is 6.68. The second-order valence-electron chi connectivity index (χ2n) is 4.10. The molecule has 0 aliphatic rings. The fourth-order valence-corrected chi connectivity index (χ4v) is 1.80. The highest BCUT2D eigenvalue weighted by atomic mass is 35.6. The highest BCUT2D eigenvalue weighted by Gasteiger charge is 2.34. The zero-order valence-corrected chi connectivity index (χ0v) is 12.9. The third-order valence-electron chi connectivity index (χ3n) is 2.32. The third kappa shape index (κ3) is 4.70. The highest BCUT2D eigenvalue weighted by Crippen LogP contribution is 2.33. The van der Waals surface area contributed by atoms with Crippen LogP contribution in [0, 0.1) is 17.0 Å². The summed E-state index contributed by atoms with van der Waals surface area (Å²) in [4.78, 5) is 21.6. The first kappa shape index (κ1) is 16.8. The maximum Gasteiger partial charge on any atom is 0.292 e. The zero-order chi connectivity index (χ0) is 15.5. The molecule has 0 radical (unpaired) electrons. The Morgan fingerprint density at radius 2 is 2.00 bits per heavy atom. The van der Waals surface area contributed by atoms with Crippen LogP contribution in [0.1, 0.15) is 12.5 Å². The molecule has 0 aliphatic heterocycles. The lowest BCUT2D eigenvalue weighted by Gasteiger charge is -2.26. The topological polar surface area (TPSA) is 84.3 Å². The third-order valence-corrected chi connectivity index (χ3v) is 2.98. The summed E-state index contributed by atoms with van der Waals surface area (Å²) in [5.74, 6) is -0.441. The average Bonchev–Trinajstić information content (AvgIpc) is 2.28. The molecule has 6 nitrogen and oxygen atoms in total. The van der Waals surface area contributed by atoms with Gasteiger partial charge in [-0.3, -0.25) is 14.9 Å². The first-order valence-corrected chi connectivity index (χ1v) is 6.60. The number of rotatable bonds is 4. The summed E-state index contributed by atoms with van der Waals surface area (Å²) in [6.07, 6.45) is -1.11. The van der Waals surface area contributed by atoms with Gasteiger partial charge in [-0.15, -0.1) is 0 Å². The van der Waals surface area contributed by atoms with Crippen LogP contribution in [-0.2, 0) is 4.79 Å². The van der Waals surface area contributed by atoms with Crippen molar-refractivity contribution in [2.45, 2.75) is 23.8 Å². The zero-order valence-electron chi connectivity index (χ0n) is 10.6. The van der Waals surface area contributed by atoms with Gasteiger partial charge in [-0.1, -0.05) is 40.9 Å². The molecule has 110 valence electrons. The molecule has 1 rings (SSSR count). The van der Waals surface area contributed by atoms with Gasteiger partial charge in [0.15, 0.2) is 0 Å². The molecule has 0 heterocycles. The maximum atomic E-state index is 11.1. The SMILES string of the molecule is CC(=O)N[C@@H](Nc1ccc(C)cc1[N+](=O)[O-])C(Cl)(Cl)Cl. The molecule has 0 aromatic heterocycles. The molecular formula is C11H12Cl3N3O3. The first-order valence-electron chi connectivity index (χ1n) is 5.46. The van der Waals surface area contributed by atoms with Crippen molar-refractivity contribution < 1.29 is 9.72 Å². The lowest BCUT2D eigenvalue weighted by atomic mass is 10.2. The Morgan fingerprint density at radius 1 is 1.40 bits per heavy atom. The number of nitrogens with zero attached hydrogens (tertiary/aromatic N) is 1. The molecule has 1 aromatic carbocycles. The predicted molar refractivity (Wildman–Crippen MR) is 79.4 cm³/mol. The Bertz CT molecular complexity index is 531. The quantitative estimate of drug-likeness (QED) is 0.382. The number of amides is 1. The molecule has 0 aliphatic carbocycles. The number of nitro groups is 1. The molecule has 9 heteroatoms. The molecule has 0 unspecified atom stereocenters. The molecule has 2 N–H and O–H groups in total. The van der Waals surface area contributed by atoms with Gasteiger partial charge < -0.3 is 10.6 Å². The molecule has 1 amide bonds. The molecular weight excluding hydrogens is 328 g/mol. The number of halogens is 3. The number of aryl methyl sites for hydroxylation is 1. The van der Waals surface area contributed by atoms with Gasteiger partial charge >= 0.3 is 0 Å². The molecule has 20 heavy (non-hydrogen) atoms. The predicted octanol–water partition coefficient (Wildman–Crippen LogP) is 3.15. The van der Waals surface area contributed by atoms with Crippen LogP contribution in [-0.4, -0.2) is 20.8 Å². The fraction of sp³-hybridized carbons (Fsp3) is 0.364. The summed E-state index contributed by atoms with van der Waals surface area (Å²) in [5, 5.41) is 16.0. The van der Waals surface area contributed by atoms with Crippen molar-refractivity contribution in [3.8, 4) is 0 Å². The lowest BCUT2D eigenvalue weighted by molar-refractivity contribution is -0.384. The molecule has 0 saturated carbocycles. The smallest absolute Gasteiger partial charge is 0.292 e. The minimum absolute atomic E-state index is 0.144. The largest absolute Gasteiger partial charge is 0.356 e. The lowest BCUT2D eigenvalue weighted by Crippen LogP contribution is -2.48. The monoisotopic (exact) mass is 339 g/mol. The van der Waals surface area contributed by atoms with Crippen LogP contribution < -0.4 is 10.6 Å². The maximum absolute atomic E-state index is 11.1. The van der Waals surface area contributed by atoms with Crippen molar-refractivity contribution >= 4 is 52.1 Å². The Morgan fingerprint density at radius 3 is 2.45 bits per heavy atom. The van der Waals surface area contributed by atoms with Gasteiger partial charge in [-0.2, -0.15) is 0 Å². The van der Waals surface area contributed by atoms with E-state index in [1.807, 2.05) is 0 Å². The number of nitrogens with one attached hydrogen (secondary N) is 2. The van der Waals surface area contributed by atoms with Gasteiger partial charge in [-0.05, 0) is 18.6 Å². The number of hydrogen-bond acceptors (Lipinski definition) is 4. The fourth-order valence-electron chi connectivity index (χ4n) is 1.47. The molecule has 0 saturated heterocycles. The van der Waals surface area contributed by atoms with E-state index >= 15 is 0 Å². The van der Waals surface area contributed by atoms with Crippen molar-refractivity contribution in [1.29, 1.82) is 0 Å². The van der Waals surface area contributed by atoms with Crippen LogP contribution in [0.4, 0.5) is 11.4 Å². The number of benzene rings is 1. The Kier molecular flexibility index (Phi) is 5.44. The van der Waals surface area contributed by atoms with Crippen LogP contribution >= 0.6 is 34.8 Å². The van der Waals surface area contributed by atoms with Crippen LogP contribution in [0.2, 0.25) is 0 Å². The van der Waals surface area contributed by atoms with E-state index in [4.69, 9.17) is 34.8 Å². The normalized spacial score (nSPS) is 12.7. The molecule has 0 fully saturated rings. The van der Waals surface area contributed by atoms with Crippen molar-refractivity contribution in [2.75, 3.05) is 5.32 Å². The Balaban J connectivity index is 3.11. The first-order chi connectivity index (χ1) is 9.11. The molecule has 0 spiro atoms. The van der Waals surface area contributed by atoms with Crippen LogP contribution in [0.3, 0.4) is 0 Å². The van der Waals surface area contributed by atoms with E-state index in [0.29, 0.717) is 5.56 Å². The summed E-state index contributed by atoms with van der Waals surface area (Å²) in [7, 11) is 0. The summed E-state index contributed by atoms with van der Waals surface area (Å²) in [5.41, 5.74) is 0.687. The summed E-state index contributed by atoms with van der Waals surface area (Å²) >= 11 is 17.2. The Hall–Kier alpha value is -1.24. The van der Waals surface area contributed by atoms with E-state index in [0.717, 1.165) is 0 Å². The van der Waals surface area contributed by atoms with Crippen molar-refractivity contribution in [3.63, 3.8) is 0 Å². The summed E-state index contributed by atoms with van der Waals surface area (Å²) in [6.45, 7) is 2.96. The van der Waals surface area contributed by atoms with Gasteiger partial charge in [0, 0.05) is 13.0 Å². The van der Waals surface area contributed by atoms with Gasteiger partial charge in [0.2, 0.25) is 9.70 Å². The van der Waals surface area contributed by atoms with E-state index in [2.05, 4.69) is 10.6 Å². The Labute approximate surface area is 130 Å². The van der Waals surface area contributed by atoms with E-state index in [-0.39, 0.29) is 11.4 Å². The second kappa shape index (κ2) is 6.47. The number of anilines is 1. The van der Waals surface area contributed by atoms with Crippen LogP contribution in [0.5, 0.6) is 0 Å². The molecule has 0 bridgehead atoms. The van der Waals surface area contributed by atoms with Gasteiger partial charge in [0.05, 0.1) is 4.92 Å². The van der Waals surface area contributed by atoms with Gasteiger partial charge in [-0.25, -0.2) is 0 Å². The van der Waals surface area contributed by atoms with Crippen LogP contribution in [0.25, 0.3) is 0 Å². The van der Waals surface area contributed by atoms with E-state index < -0.39 is 20.8 Å². The molecule has 1 atom stereocenters. The van der Waals surface area contributed by atoms with Gasteiger partial charge in [0.25, 0.3) is 5.69 Å². The number of hydrogen-bond donors (Lipinski definition) is 2. The van der Waals surface area contributed by atoms with E-state index in [1.165, 1.54) is 19.1 Å². The minimum Gasteiger partial charge on any atom is -0.356 e. The van der Waals surface area contributed by atoms with Gasteiger partial charge in [0.1, 0.15) is 11.9 Å². The molecule has 1 aromatic rings. The van der Waals surface area contributed by atoms with E-state index in [9.17, 15) is 14.9 Å². The minimum atomic E-state index is -1.87. The second-order valence-corrected chi connectivity index (χ2v) is 6.47. The number of alkyl halides is 3. The average molecular weight is 341 g/mol. The standard InChI is InChI=1S/C11H12Cl3N3O3/c1-6-3-4-8(9(5-6)17(19)20)16-10(11(12,13)14)15-7(2)18/h3-5,10,16H,1-2H3,(H,15,18)/t10-/m0/s1. The number of nitro benzene ring substituents is 1. The van der Waals surface area contributed by atoms with Crippen LogP contribution in [0.15, 0.2) is 18.2 Å². The van der Waals surface area contributed by atoms with Crippen molar-refractivity contribution in [2.24, 2.45) is 0 Å². The summed E-state index contributed by atoms with van der Waals surface area (Å²) < 4.78 is -1.87. The van der Waals surface area contributed by atoms with Crippen molar-refractivity contribution in [3.05, 3.63) is 33.9 Å². The number of carbonyl (C=O) groups excluding carboxylic acids is 1.